The van der Waals surface area contributed by atoms with Gasteiger partial charge in [0, 0.05) is 46.3 Å². The molecule has 0 bridgehead atoms. The molecule has 2 aliphatic rings. The summed E-state index contributed by atoms with van der Waals surface area (Å²) in [5, 5.41) is 2.78. The van der Waals surface area contributed by atoms with Crippen LogP contribution in [-0.4, -0.2) is 58.3 Å². The molecule has 1 aromatic carbocycles. The summed E-state index contributed by atoms with van der Waals surface area (Å²) in [4.78, 5) is 54.1. The molecule has 0 spiro atoms. The van der Waals surface area contributed by atoms with Gasteiger partial charge >= 0.3 is 0 Å². The number of carbonyl (C=O) groups excluding carboxylic acids is 3. The molecule has 3 heterocycles. The van der Waals surface area contributed by atoms with Gasteiger partial charge in [0.2, 0.25) is 11.8 Å². The molecule has 0 radical (unpaired) electrons. The lowest BCUT2D eigenvalue weighted by Crippen LogP contribution is -2.45. The first kappa shape index (κ1) is 21.8. The normalized spacial score (nSPS) is 17.9. The smallest absolute Gasteiger partial charge is 0.263 e. The zero-order valence-corrected chi connectivity index (χ0v) is 18.5. The standard InChI is InChI=1S/C24H28N4O4/c1-16(29)27-13-9-19-18(14-27)15-28(12-8-17-6-4-3-5-7-17)24(32)21(19)22(30)25-20-10-11-26(2)23(20)31/h3-7,15,20H,8-14H2,1-2H3,(H,25,30). The van der Waals surface area contributed by atoms with E-state index < -0.39 is 11.9 Å². The van der Waals surface area contributed by atoms with E-state index in [1.54, 1.807) is 27.6 Å². The van der Waals surface area contributed by atoms with Crippen molar-refractivity contribution in [3.63, 3.8) is 0 Å². The second-order valence-corrected chi connectivity index (χ2v) is 8.51. The number of aromatic nitrogens is 1. The van der Waals surface area contributed by atoms with Crippen LogP contribution >= 0.6 is 0 Å². The molecule has 168 valence electrons. The van der Waals surface area contributed by atoms with Crippen molar-refractivity contribution in [1.82, 2.24) is 19.7 Å². The van der Waals surface area contributed by atoms with Crippen LogP contribution in [-0.2, 0) is 35.5 Å². The Labute approximate surface area is 186 Å². The predicted molar refractivity (Wildman–Crippen MR) is 119 cm³/mol. The van der Waals surface area contributed by atoms with Crippen molar-refractivity contribution in [3.05, 3.63) is 69.1 Å². The van der Waals surface area contributed by atoms with Gasteiger partial charge in [0.15, 0.2) is 0 Å². The van der Waals surface area contributed by atoms with Crippen LogP contribution in [0.1, 0.15) is 40.4 Å². The average Bonchev–Trinajstić information content (AvgIpc) is 3.10. The minimum Gasteiger partial charge on any atom is -0.344 e. The van der Waals surface area contributed by atoms with Crippen molar-refractivity contribution in [1.29, 1.82) is 0 Å². The Morgan fingerprint density at radius 3 is 2.53 bits per heavy atom. The Morgan fingerprint density at radius 2 is 1.88 bits per heavy atom. The number of hydrogen-bond acceptors (Lipinski definition) is 4. The monoisotopic (exact) mass is 436 g/mol. The molecule has 2 aromatic rings. The maximum atomic E-state index is 13.4. The van der Waals surface area contributed by atoms with Crippen LogP contribution in [0.4, 0.5) is 0 Å². The largest absolute Gasteiger partial charge is 0.344 e. The highest BCUT2D eigenvalue weighted by Crippen LogP contribution is 2.22. The van der Waals surface area contributed by atoms with Crippen LogP contribution in [0.3, 0.4) is 0 Å². The Morgan fingerprint density at radius 1 is 1.12 bits per heavy atom. The fraction of sp³-hybridized carbons (Fsp3) is 0.417. The molecule has 0 aliphatic carbocycles. The van der Waals surface area contributed by atoms with Gasteiger partial charge in [-0.3, -0.25) is 19.2 Å². The zero-order chi connectivity index (χ0) is 22.8. The van der Waals surface area contributed by atoms with E-state index in [1.807, 2.05) is 30.3 Å². The summed E-state index contributed by atoms with van der Waals surface area (Å²) >= 11 is 0. The van der Waals surface area contributed by atoms with Gasteiger partial charge in [-0.2, -0.15) is 0 Å². The van der Waals surface area contributed by atoms with Crippen molar-refractivity contribution >= 4 is 17.7 Å². The lowest BCUT2D eigenvalue weighted by molar-refractivity contribution is -0.130. The summed E-state index contributed by atoms with van der Waals surface area (Å²) in [7, 11) is 1.70. The number of likely N-dealkylation sites (tertiary alicyclic amines) is 1. The first-order chi connectivity index (χ1) is 15.3. The SMILES string of the molecule is CC(=O)N1CCc2c(cn(CCc3ccccc3)c(=O)c2C(=O)NC2CCN(C)C2=O)C1. The summed E-state index contributed by atoms with van der Waals surface area (Å²) in [5.74, 6) is -0.691. The van der Waals surface area contributed by atoms with E-state index in [2.05, 4.69) is 5.32 Å². The van der Waals surface area contributed by atoms with E-state index in [4.69, 9.17) is 0 Å². The van der Waals surface area contributed by atoms with Gasteiger partial charge in [0.25, 0.3) is 11.5 Å². The highest BCUT2D eigenvalue weighted by molar-refractivity contribution is 5.99. The highest BCUT2D eigenvalue weighted by Gasteiger charge is 2.33. The summed E-state index contributed by atoms with van der Waals surface area (Å²) < 4.78 is 1.56. The molecule has 0 saturated carbocycles. The molecule has 1 unspecified atom stereocenters. The van der Waals surface area contributed by atoms with Crippen molar-refractivity contribution in [3.8, 4) is 0 Å². The number of carbonyl (C=O) groups is 3. The lowest BCUT2D eigenvalue weighted by atomic mass is 9.95. The first-order valence-electron chi connectivity index (χ1n) is 11.0. The summed E-state index contributed by atoms with van der Waals surface area (Å²) in [6, 6.07) is 9.22. The molecule has 1 aromatic heterocycles. The van der Waals surface area contributed by atoms with Gasteiger partial charge in [0.1, 0.15) is 11.6 Å². The molecule has 1 fully saturated rings. The quantitative estimate of drug-likeness (QED) is 0.756. The summed E-state index contributed by atoms with van der Waals surface area (Å²) in [5.41, 5.74) is 2.32. The number of amides is 3. The number of rotatable bonds is 5. The van der Waals surface area contributed by atoms with Gasteiger partial charge in [-0.05, 0) is 36.0 Å². The third-order valence-corrected chi connectivity index (χ3v) is 6.36. The molecule has 8 heteroatoms. The molecule has 3 amide bonds. The first-order valence-corrected chi connectivity index (χ1v) is 11.0. The van der Waals surface area contributed by atoms with Crippen molar-refractivity contribution in [2.24, 2.45) is 0 Å². The minimum absolute atomic E-state index is 0.0386. The number of benzene rings is 1. The van der Waals surface area contributed by atoms with Gasteiger partial charge in [-0.25, -0.2) is 0 Å². The van der Waals surface area contributed by atoms with E-state index in [9.17, 15) is 19.2 Å². The van der Waals surface area contributed by atoms with E-state index in [0.29, 0.717) is 51.0 Å². The van der Waals surface area contributed by atoms with Crippen LogP contribution in [0.5, 0.6) is 0 Å². The zero-order valence-electron chi connectivity index (χ0n) is 18.5. The van der Waals surface area contributed by atoms with Crippen molar-refractivity contribution < 1.29 is 14.4 Å². The molecular weight excluding hydrogens is 408 g/mol. The van der Waals surface area contributed by atoms with Crippen molar-refractivity contribution in [2.45, 2.75) is 45.3 Å². The number of fused-ring (bicyclic) bond motifs is 1. The number of nitrogens with one attached hydrogen (secondary N) is 1. The van der Waals surface area contributed by atoms with Crippen LogP contribution in [0.2, 0.25) is 0 Å². The molecule has 1 atom stereocenters. The molecule has 8 nitrogen and oxygen atoms in total. The predicted octanol–water partition coefficient (Wildman–Crippen LogP) is 0.956. The minimum atomic E-state index is -0.613. The summed E-state index contributed by atoms with van der Waals surface area (Å²) in [6.45, 7) is 3.34. The lowest BCUT2D eigenvalue weighted by Gasteiger charge is -2.30. The second-order valence-electron chi connectivity index (χ2n) is 8.51. The molecule has 1 saturated heterocycles. The van der Waals surface area contributed by atoms with Gasteiger partial charge in [0.05, 0.1) is 0 Å². The molecular formula is C24H28N4O4. The van der Waals surface area contributed by atoms with E-state index >= 15 is 0 Å². The van der Waals surface area contributed by atoms with E-state index in [1.165, 1.54) is 6.92 Å². The number of aryl methyl sites for hydroxylation is 2. The Kier molecular flexibility index (Phi) is 6.12. The fourth-order valence-electron chi connectivity index (χ4n) is 4.46. The maximum Gasteiger partial charge on any atom is 0.263 e. The molecule has 32 heavy (non-hydrogen) atoms. The van der Waals surface area contributed by atoms with Gasteiger partial charge < -0.3 is 19.7 Å². The molecule has 2 aliphatic heterocycles. The average molecular weight is 437 g/mol. The van der Waals surface area contributed by atoms with E-state index in [0.717, 1.165) is 11.1 Å². The Hall–Kier alpha value is -3.42. The fourth-order valence-corrected chi connectivity index (χ4v) is 4.46. The van der Waals surface area contributed by atoms with Gasteiger partial charge in [-0.15, -0.1) is 0 Å². The maximum absolute atomic E-state index is 13.4. The third kappa shape index (κ3) is 4.30. The Bertz CT molecular complexity index is 1110. The molecule has 4 rings (SSSR count). The van der Waals surface area contributed by atoms with Crippen LogP contribution < -0.4 is 10.9 Å². The number of likely N-dealkylation sites (N-methyl/N-ethyl adjacent to an activating group) is 1. The Balaban J connectivity index is 1.68. The number of hydrogen-bond donors (Lipinski definition) is 1. The van der Waals surface area contributed by atoms with Crippen LogP contribution in [0.25, 0.3) is 0 Å². The van der Waals surface area contributed by atoms with Crippen LogP contribution in [0.15, 0.2) is 41.3 Å². The number of nitrogens with zero attached hydrogens (tertiary/aromatic N) is 3. The number of pyridine rings is 1. The van der Waals surface area contributed by atoms with E-state index in [-0.39, 0.29) is 22.9 Å². The molecule has 1 N–H and O–H groups in total. The van der Waals surface area contributed by atoms with Crippen molar-refractivity contribution in [2.75, 3.05) is 20.1 Å². The second kappa shape index (κ2) is 8.98. The topological polar surface area (TPSA) is 91.7 Å². The summed E-state index contributed by atoms with van der Waals surface area (Å²) in [6.07, 6.45) is 3.38. The van der Waals surface area contributed by atoms with Crippen LogP contribution in [0, 0.1) is 0 Å². The van der Waals surface area contributed by atoms with Gasteiger partial charge in [-0.1, -0.05) is 30.3 Å². The highest BCUT2D eigenvalue weighted by atomic mass is 16.2. The third-order valence-electron chi connectivity index (χ3n) is 6.36.